The van der Waals surface area contributed by atoms with Gasteiger partial charge >= 0.3 is 0 Å². The van der Waals surface area contributed by atoms with Crippen molar-refractivity contribution in [1.82, 2.24) is 5.32 Å². The van der Waals surface area contributed by atoms with Crippen molar-refractivity contribution in [3.63, 3.8) is 0 Å². The zero-order valence-electron chi connectivity index (χ0n) is 13.4. The minimum absolute atomic E-state index is 0.203. The SMILES string of the molecule is O=C(NCc1ccc(N2CCC(CO)CC2)cc1)c1ccc(Cl)o1. The minimum atomic E-state index is -0.281. The van der Waals surface area contributed by atoms with Crippen LogP contribution in [0.2, 0.25) is 5.22 Å². The Balaban J connectivity index is 1.52. The van der Waals surface area contributed by atoms with Crippen LogP contribution in [0.4, 0.5) is 5.69 Å². The fourth-order valence-electron chi connectivity index (χ4n) is 2.90. The molecular weight excluding hydrogens is 328 g/mol. The average molecular weight is 349 g/mol. The number of furan rings is 1. The minimum Gasteiger partial charge on any atom is -0.440 e. The van der Waals surface area contributed by atoms with Crippen molar-refractivity contribution >= 4 is 23.2 Å². The van der Waals surface area contributed by atoms with Crippen LogP contribution < -0.4 is 10.2 Å². The van der Waals surface area contributed by atoms with E-state index in [9.17, 15) is 9.90 Å². The highest BCUT2D eigenvalue weighted by molar-refractivity contribution is 6.29. The Kier molecular flexibility index (Phi) is 5.43. The Labute approximate surface area is 146 Å². The van der Waals surface area contributed by atoms with E-state index in [2.05, 4.69) is 22.3 Å². The van der Waals surface area contributed by atoms with Gasteiger partial charge < -0.3 is 19.7 Å². The standard InChI is InChI=1S/C18H21ClN2O3/c19-17-6-5-16(24-17)18(23)20-11-13-1-3-15(4-2-13)21-9-7-14(12-22)8-10-21/h1-6,14,22H,7-12H2,(H,20,23). The van der Waals surface area contributed by atoms with Gasteiger partial charge in [-0.3, -0.25) is 4.79 Å². The number of nitrogens with one attached hydrogen (secondary N) is 1. The molecule has 6 heteroatoms. The highest BCUT2D eigenvalue weighted by Crippen LogP contribution is 2.23. The summed E-state index contributed by atoms with van der Waals surface area (Å²) in [6.45, 7) is 2.67. The lowest BCUT2D eigenvalue weighted by atomic mass is 9.97. The van der Waals surface area contributed by atoms with Crippen LogP contribution >= 0.6 is 11.6 Å². The van der Waals surface area contributed by atoms with Gasteiger partial charge in [-0.15, -0.1) is 0 Å². The van der Waals surface area contributed by atoms with Crippen LogP contribution in [0.1, 0.15) is 29.0 Å². The lowest BCUT2D eigenvalue weighted by Crippen LogP contribution is -2.34. The summed E-state index contributed by atoms with van der Waals surface area (Å²) in [5.74, 6) is 0.367. The highest BCUT2D eigenvalue weighted by Gasteiger charge is 2.18. The molecule has 0 aliphatic carbocycles. The maximum atomic E-state index is 11.9. The van der Waals surface area contributed by atoms with E-state index in [1.165, 1.54) is 5.69 Å². The molecule has 0 atom stereocenters. The van der Waals surface area contributed by atoms with E-state index in [1.54, 1.807) is 12.1 Å². The van der Waals surface area contributed by atoms with E-state index in [1.807, 2.05) is 12.1 Å². The van der Waals surface area contributed by atoms with Gasteiger partial charge in [-0.05, 0) is 60.2 Å². The molecule has 128 valence electrons. The summed E-state index contributed by atoms with van der Waals surface area (Å²) in [6, 6.07) is 11.3. The van der Waals surface area contributed by atoms with Gasteiger partial charge in [0.05, 0.1) is 0 Å². The van der Waals surface area contributed by atoms with Crippen LogP contribution in [0.25, 0.3) is 0 Å². The molecular formula is C18H21ClN2O3. The van der Waals surface area contributed by atoms with Crippen molar-refractivity contribution in [3.05, 3.63) is 52.9 Å². The van der Waals surface area contributed by atoms with Crippen molar-refractivity contribution in [2.75, 3.05) is 24.6 Å². The zero-order chi connectivity index (χ0) is 16.9. The Hall–Kier alpha value is -1.98. The zero-order valence-corrected chi connectivity index (χ0v) is 14.1. The van der Waals surface area contributed by atoms with E-state index >= 15 is 0 Å². The second kappa shape index (κ2) is 7.73. The Morgan fingerprint density at radius 3 is 2.50 bits per heavy atom. The summed E-state index contributed by atoms with van der Waals surface area (Å²) in [6.07, 6.45) is 2.06. The van der Waals surface area contributed by atoms with Crippen molar-refractivity contribution < 1.29 is 14.3 Å². The third kappa shape index (κ3) is 4.10. The number of aliphatic hydroxyl groups is 1. The number of benzene rings is 1. The molecule has 5 nitrogen and oxygen atoms in total. The van der Waals surface area contributed by atoms with Crippen LogP contribution in [-0.4, -0.2) is 30.7 Å². The lowest BCUT2D eigenvalue weighted by Gasteiger charge is -2.33. The molecule has 2 aromatic rings. The molecule has 3 rings (SSSR count). The first kappa shape index (κ1) is 16.9. The van der Waals surface area contributed by atoms with Crippen LogP contribution in [0.5, 0.6) is 0 Å². The fourth-order valence-corrected chi connectivity index (χ4v) is 3.05. The molecule has 2 heterocycles. The quantitative estimate of drug-likeness (QED) is 0.871. The van der Waals surface area contributed by atoms with Gasteiger partial charge in [-0.25, -0.2) is 0 Å². The number of rotatable bonds is 5. The number of aliphatic hydroxyl groups excluding tert-OH is 1. The number of amides is 1. The van der Waals surface area contributed by atoms with Gasteiger partial charge in [-0.1, -0.05) is 12.1 Å². The number of carbonyl (C=O) groups excluding carboxylic acids is 1. The predicted molar refractivity (Wildman–Crippen MR) is 93.4 cm³/mol. The summed E-state index contributed by atoms with van der Waals surface area (Å²) >= 11 is 5.67. The van der Waals surface area contributed by atoms with Gasteiger partial charge in [0, 0.05) is 31.9 Å². The van der Waals surface area contributed by atoms with Gasteiger partial charge in [0.1, 0.15) is 0 Å². The molecule has 0 spiro atoms. The highest BCUT2D eigenvalue weighted by atomic mass is 35.5. The largest absolute Gasteiger partial charge is 0.440 e. The van der Waals surface area contributed by atoms with Crippen LogP contribution in [0.15, 0.2) is 40.8 Å². The molecule has 1 fully saturated rings. The molecule has 1 aromatic heterocycles. The number of piperidine rings is 1. The molecule has 0 bridgehead atoms. The topological polar surface area (TPSA) is 65.7 Å². The molecule has 1 aliphatic heterocycles. The third-order valence-corrected chi connectivity index (χ3v) is 4.63. The van der Waals surface area contributed by atoms with Crippen LogP contribution in [0.3, 0.4) is 0 Å². The average Bonchev–Trinajstić information content (AvgIpc) is 3.07. The second-order valence-electron chi connectivity index (χ2n) is 6.07. The van der Waals surface area contributed by atoms with E-state index in [0.29, 0.717) is 12.5 Å². The van der Waals surface area contributed by atoms with E-state index in [0.717, 1.165) is 31.5 Å². The lowest BCUT2D eigenvalue weighted by molar-refractivity contribution is 0.0923. The second-order valence-corrected chi connectivity index (χ2v) is 6.44. The predicted octanol–water partition coefficient (Wildman–Crippen LogP) is 3.07. The molecule has 24 heavy (non-hydrogen) atoms. The summed E-state index contributed by atoms with van der Waals surface area (Å²) in [4.78, 5) is 14.2. The van der Waals surface area contributed by atoms with E-state index in [-0.39, 0.29) is 23.5 Å². The summed E-state index contributed by atoms with van der Waals surface area (Å²) in [5, 5.41) is 12.2. The van der Waals surface area contributed by atoms with Crippen molar-refractivity contribution in [1.29, 1.82) is 0 Å². The van der Waals surface area contributed by atoms with Crippen molar-refractivity contribution in [2.45, 2.75) is 19.4 Å². The summed E-state index contributed by atoms with van der Waals surface area (Å²) < 4.78 is 5.08. The van der Waals surface area contributed by atoms with Crippen LogP contribution in [-0.2, 0) is 6.54 Å². The summed E-state index contributed by atoms with van der Waals surface area (Å²) in [7, 11) is 0. The molecule has 1 aromatic carbocycles. The van der Waals surface area contributed by atoms with Crippen molar-refractivity contribution in [3.8, 4) is 0 Å². The third-order valence-electron chi connectivity index (χ3n) is 4.42. The number of carbonyl (C=O) groups is 1. The first-order chi connectivity index (χ1) is 11.7. The first-order valence-corrected chi connectivity index (χ1v) is 8.52. The van der Waals surface area contributed by atoms with Gasteiger partial charge in [0.25, 0.3) is 5.91 Å². The maximum absolute atomic E-state index is 11.9. The van der Waals surface area contributed by atoms with Crippen LogP contribution in [0, 0.1) is 5.92 Å². The van der Waals surface area contributed by atoms with Gasteiger partial charge in [-0.2, -0.15) is 0 Å². The molecule has 0 unspecified atom stereocenters. The number of anilines is 1. The van der Waals surface area contributed by atoms with E-state index in [4.69, 9.17) is 16.0 Å². The monoisotopic (exact) mass is 348 g/mol. The molecule has 1 amide bonds. The first-order valence-electron chi connectivity index (χ1n) is 8.14. The number of nitrogens with zero attached hydrogens (tertiary/aromatic N) is 1. The van der Waals surface area contributed by atoms with Crippen molar-refractivity contribution in [2.24, 2.45) is 5.92 Å². The molecule has 0 saturated carbocycles. The maximum Gasteiger partial charge on any atom is 0.287 e. The smallest absolute Gasteiger partial charge is 0.287 e. The van der Waals surface area contributed by atoms with E-state index < -0.39 is 0 Å². The van der Waals surface area contributed by atoms with Gasteiger partial charge in [0.2, 0.25) is 0 Å². The number of hydrogen-bond donors (Lipinski definition) is 2. The Bertz CT molecular complexity index is 676. The molecule has 1 aliphatic rings. The summed E-state index contributed by atoms with van der Waals surface area (Å²) in [5.41, 5.74) is 2.20. The fraction of sp³-hybridized carbons (Fsp3) is 0.389. The molecule has 1 saturated heterocycles. The number of halogens is 1. The Morgan fingerprint density at radius 1 is 1.21 bits per heavy atom. The Morgan fingerprint density at radius 2 is 1.92 bits per heavy atom. The molecule has 0 radical (unpaired) electrons. The molecule has 2 N–H and O–H groups in total. The number of hydrogen-bond acceptors (Lipinski definition) is 4. The van der Waals surface area contributed by atoms with Gasteiger partial charge in [0.15, 0.2) is 11.0 Å². The normalized spacial score (nSPS) is 15.5.